The molecule has 6 nitrogen and oxygen atoms in total. The van der Waals surface area contributed by atoms with Crippen molar-refractivity contribution in [3.05, 3.63) is 87.8 Å². The molecule has 0 aliphatic carbocycles. The van der Waals surface area contributed by atoms with Gasteiger partial charge in [-0.25, -0.2) is 9.79 Å². The third kappa shape index (κ3) is 4.33. The molecule has 0 atom stereocenters. The Morgan fingerprint density at radius 2 is 1.78 bits per heavy atom. The molecule has 0 saturated heterocycles. The standard InChI is InChI=1S/C25H22N2O4S/c1-4-30-25(29)21-15(2)16(3)32-24(21)27-23-19(14-17-10-8-9-13-20(17)31-23)22(28)26-18-11-6-5-7-12-18/h5-14H,4H2,1-3H3,(H,26,28). The van der Waals surface area contributed by atoms with E-state index in [9.17, 15) is 9.59 Å². The number of esters is 1. The van der Waals surface area contributed by atoms with Crippen LogP contribution in [-0.2, 0) is 4.74 Å². The Bertz CT molecular complexity index is 1370. The van der Waals surface area contributed by atoms with Crippen LogP contribution in [0.15, 0.2) is 70.1 Å². The van der Waals surface area contributed by atoms with Gasteiger partial charge in [-0.05, 0) is 50.6 Å². The van der Waals surface area contributed by atoms with Crippen molar-refractivity contribution < 1.29 is 18.7 Å². The molecule has 2 aromatic carbocycles. The fourth-order valence-corrected chi connectivity index (χ4v) is 4.27. The monoisotopic (exact) mass is 446 g/mol. The molecule has 1 amide bonds. The van der Waals surface area contributed by atoms with Crippen LogP contribution in [0.4, 0.5) is 10.7 Å². The lowest BCUT2D eigenvalue weighted by molar-refractivity contribution is 0.0527. The number of hydrogen-bond donors (Lipinski definition) is 1. The number of amides is 1. The predicted molar refractivity (Wildman–Crippen MR) is 126 cm³/mol. The van der Waals surface area contributed by atoms with Gasteiger partial charge in [0.15, 0.2) is 0 Å². The van der Waals surface area contributed by atoms with E-state index in [2.05, 4.69) is 10.3 Å². The summed E-state index contributed by atoms with van der Waals surface area (Å²) in [5, 5.41) is 4.10. The summed E-state index contributed by atoms with van der Waals surface area (Å²) in [5.41, 5.74) is 2.85. The molecular formula is C25H22N2O4S. The molecule has 0 radical (unpaired) electrons. The third-order valence-electron chi connectivity index (χ3n) is 4.98. The van der Waals surface area contributed by atoms with E-state index in [0.717, 1.165) is 15.8 Å². The van der Waals surface area contributed by atoms with Crippen LogP contribution < -0.4 is 10.9 Å². The predicted octanol–water partition coefficient (Wildman–Crippen LogP) is 5.77. The average molecular weight is 447 g/mol. The van der Waals surface area contributed by atoms with E-state index in [-0.39, 0.29) is 23.6 Å². The highest BCUT2D eigenvalue weighted by molar-refractivity contribution is 7.16. The number of anilines is 1. The van der Waals surface area contributed by atoms with Crippen molar-refractivity contribution >= 4 is 44.9 Å². The Labute approximate surface area is 189 Å². The number of ether oxygens (including phenoxy) is 1. The van der Waals surface area contributed by atoms with Gasteiger partial charge in [0.05, 0.1) is 12.2 Å². The molecule has 0 spiro atoms. The van der Waals surface area contributed by atoms with Crippen LogP contribution in [0.5, 0.6) is 0 Å². The molecule has 4 aromatic rings. The van der Waals surface area contributed by atoms with Crippen molar-refractivity contribution in [2.75, 3.05) is 11.9 Å². The molecular weight excluding hydrogens is 424 g/mol. The van der Waals surface area contributed by atoms with E-state index >= 15 is 0 Å². The summed E-state index contributed by atoms with van der Waals surface area (Å²) in [4.78, 5) is 31.3. The highest BCUT2D eigenvalue weighted by atomic mass is 32.1. The smallest absolute Gasteiger partial charge is 0.341 e. The lowest BCUT2D eigenvalue weighted by Crippen LogP contribution is -2.21. The van der Waals surface area contributed by atoms with Crippen LogP contribution in [0.1, 0.15) is 38.1 Å². The quantitative estimate of drug-likeness (QED) is 0.395. The zero-order valence-corrected chi connectivity index (χ0v) is 18.8. The highest BCUT2D eigenvalue weighted by Gasteiger charge is 2.21. The van der Waals surface area contributed by atoms with Crippen LogP contribution in [0.2, 0.25) is 0 Å². The number of nitrogens with one attached hydrogen (secondary N) is 1. The topological polar surface area (TPSA) is 80.9 Å². The lowest BCUT2D eigenvalue weighted by atomic mass is 10.1. The van der Waals surface area contributed by atoms with Gasteiger partial charge in [0.25, 0.3) is 5.91 Å². The van der Waals surface area contributed by atoms with Crippen molar-refractivity contribution in [1.29, 1.82) is 0 Å². The molecule has 2 aromatic heterocycles. The van der Waals surface area contributed by atoms with Gasteiger partial charge in [-0.15, -0.1) is 11.3 Å². The summed E-state index contributed by atoms with van der Waals surface area (Å²) in [6.45, 7) is 5.80. The van der Waals surface area contributed by atoms with E-state index in [1.54, 1.807) is 25.1 Å². The van der Waals surface area contributed by atoms with Crippen molar-refractivity contribution in [2.45, 2.75) is 20.8 Å². The Balaban J connectivity index is 1.89. The molecule has 0 fully saturated rings. The van der Waals surface area contributed by atoms with E-state index in [4.69, 9.17) is 9.15 Å². The number of carbonyl (C=O) groups is 2. The largest absolute Gasteiger partial charge is 0.462 e. The van der Waals surface area contributed by atoms with Crippen LogP contribution in [-0.4, -0.2) is 18.5 Å². The average Bonchev–Trinajstić information content (AvgIpc) is 3.07. The summed E-state index contributed by atoms with van der Waals surface area (Å²) in [6, 6.07) is 18.3. The van der Waals surface area contributed by atoms with Gasteiger partial charge in [0, 0.05) is 16.0 Å². The minimum absolute atomic E-state index is 0.129. The van der Waals surface area contributed by atoms with Gasteiger partial charge < -0.3 is 14.5 Å². The van der Waals surface area contributed by atoms with E-state index in [1.165, 1.54) is 11.3 Å². The zero-order chi connectivity index (χ0) is 22.7. The Hall–Kier alpha value is -3.71. The molecule has 1 N–H and O–H groups in total. The third-order valence-corrected chi connectivity index (χ3v) is 6.08. The molecule has 0 bridgehead atoms. The van der Waals surface area contributed by atoms with Gasteiger partial charge in [0.1, 0.15) is 16.1 Å². The van der Waals surface area contributed by atoms with Gasteiger partial charge in [-0.2, -0.15) is 0 Å². The summed E-state index contributed by atoms with van der Waals surface area (Å²) < 4.78 is 11.3. The summed E-state index contributed by atoms with van der Waals surface area (Å²) in [5.74, 6) is -0.795. The van der Waals surface area contributed by atoms with Gasteiger partial charge in [-0.1, -0.05) is 36.4 Å². The maximum Gasteiger partial charge on any atom is 0.341 e. The van der Waals surface area contributed by atoms with Crippen molar-refractivity contribution in [3.8, 4) is 0 Å². The zero-order valence-electron chi connectivity index (χ0n) is 18.0. The first kappa shape index (κ1) is 21.5. The first-order valence-electron chi connectivity index (χ1n) is 10.2. The number of benzene rings is 2. The second-order valence-electron chi connectivity index (χ2n) is 7.12. The second-order valence-corrected chi connectivity index (χ2v) is 8.32. The van der Waals surface area contributed by atoms with Crippen LogP contribution >= 0.6 is 11.3 Å². The lowest BCUT2D eigenvalue weighted by Gasteiger charge is -2.07. The first-order chi connectivity index (χ1) is 15.5. The molecule has 32 heavy (non-hydrogen) atoms. The Morgan fingerprint density at radius 3 is 2.53 bits per heavy atom. The molecule has 7 heteroatoms. The van der Waals surface area contributed by atoms with Gasteiger partial charge in [0.2, 0.25) is 5.55 Å². The van der Waals surface area contributed by atoms with Gasteiger partial charge >= 0.3 is 5.97 Å². The molecule has 0 aliphatic heterocycles. The minimum atomic E-state index is -0.441. The second kappa shape index (κ2) is 9.20. The van der Waals surface area contributed by atoms with Crippen LogP contribution in [0, 0.1) is 13.8 Å². The summed E-state index contributed by atoms with van der Waals surface area (Å²) in [7, 11) is 0. The fraction of sp³-hybridized carbons (Fsp3) is 0.160. The summed E-state index contributed by atoms with van der Waals surface area (Å²) in [6.07, 6.45) is 0. The number of carbonyl (C=O) groups excluding carboxylic acids is 2. The maximum absolute atomic E-state index is 13.1. The Morgan fingerprint density at radius 1 is 1.06 bits per heavy atom. The molecule has 4 rings (SSSR count). The molecule has 0 unspecified atom stereocenters. The number of nitrogens with zero attached hydrogens (tertiary/aromatic N) is 1. The van der Waals surface area contributed by atoms with Crippen molar-refractivity contribution in [2.24, 2.45) is 4.99 Å². The number of rotatable bonds is 5. The normalized spacial score (nSPS) is 11.5. The van der Waals surface area contributed by atoms with Crippen LogP contribution in [0.25, 0.3) is 11.0 Å². The molecule has 2 heterocycles. The first-order valence-corrected chi connectivity index (χ1v) is 11.0. The van der Waals surface area contributed by atoms with E-state index in [1.807, 2.05) is 56.3 Å². The number of thiophene rings is 1. The van der Waals surface area contributed by atoms with Gasteiger partial charge in [-0.3, -0.25) is 4.79 Å². The van der Waals surface area contributed by atoms with Crippen molar-refractivity contribution in [1.82, 2.24) is 0 Å². The number of para-hydroxylation sites is 2. The maximum atomic E-state index is 13.1. The summed E-state index contributed by atoms with van der Waals surface area (Å²) >= 11 is 1.36. The molecule has 162 valence electrons. The van der Waals surface area contributed by atoms with E-state index in [0.29, 0.717) is 21.8 Å². The highest BCUT2D eigenvalue weighted by Crippen LogP contribution is 2.35. The minimum Gasteiger partial charge on any atom is -0.462 e. The molecule has 0 aliphatic rings. The molecule has 0 saturated carbocycles. The van der Waals surface area contributed by atoms with Crippen LogP contribution in [0.3, 0.4) is 0 Å². The van der Waals surface area contributed by atoms with Crippen molar-refractivity contribution in [3.63, 3.8) is 0 Å². The number of hydrogen-bond acceptors (Lipinski definition) is 6. The number of fused-ring (bicyclic) bond motifs is 1. The fourth-order valence-electron chi connectivity index (χ4n) is 3.26. The Kier molecular flexibility index (Phi) is 6.18. The SMILES string of the molecule is CCOC(=O)c1c(N=c2oc3ccccc3cc2C(=O)Nc2ccccc2)sc(C)c1C. The number of aryl methyl sites for hydroxylation is 1. The van der Waals surface area contributed by atoms with E-state index < -0.39 is 5.97 Å².